The van der Waals surface area contributed by atoms with Crippen LogP contribution in [-0.2, 0) is 14.1 Å². The summed E-state index contributed by atoms with van der Waals surface area (Å²) in [4.78, 5) is 34.7. The minimum Gasteiger partial charge on any atom is -0.290 e. The molecule has 4 aromatic rings. The Hall–Kier alpha value is -4.20. The molecule has 0 amide bonds. The normalized spacial score (nSPS) is 11.8. The first-order chi connectivity index (χ1) is 16.4. The molecule has 2 heterocycles. The lowest BCUT2D eigenvalue weighted by Gasteiger charge is -2.07. The summed E-state index contributed by atoms with van der Waals surface area (Å²) in [5.74, 6) is 0. The summed E-state index contributed by atoms with van der Waals surface area (Å²) in [6, 6.07) is 19.0. The van der Waals surface area contributed by atoms with Gasteiger partial charge in [-0.05, 0) is 38.1 Å². The van der Waals surface area contributed by atoms with Crippen molar-refractivity contribution in [1.82, 2.24) is 18.7 Å². The zero-order valence-electron chi connectivity index (χ0n) is 19.8. The molecule has 174 valence electrons. The number of aromatic nitrogens is 4. The average Bonchev–Trinajstić information content (AvgIpc) is 3.19. The molecule has 0 radical (unpaired) electrons. The monoisotopic (exact) mass is 456 g/mol. The third-order valence-corrected chi connectivity index (χ3v) is 6.00. The molecule has 0 atom stereocenters. The highest BCUT2D eigenvalue weighted by atomic mass is 16.1. The Morgan fingerprint density at radius 1 is 0.647 bits per heavy atom. The maximum Gasteiger partial charge on any atom is 0.280 e. The van der Waals surface area contributed by atoms with E-state index in [1.54, 1.807) is 21.8 Å². The number of hydrogen-bond donors (Lipinski definition) is 0. The summed E-state index contributed by atoms with van der Waals surface area (Å²) < 4.78 is 6.91. The molecule has 0 fully saturated rings. The van der Waals surface area contributed by atoms with E-state index in [-0.39, 0.29) is 11.1 Å². The molecule has 0 aliphatic heterocycles. The van der Waals surface area contributed by atoms with E-state index in [4.69, 9.17) is 0 Å². The molecule has 0 aliphatic rings. The van der Waals surface area contributed by atoms with Gasteiger partial charge in [0.25, 0.3) is 11.1 Å². The van der Waals surface area contributed by atoms with Gasteiger partial charge in [0, 0.05) is 37.9 Å². The van der Waals surface area contributed by atoms with Crippen molar-refractivity contribution in [3.05, 3.63) is 104 Å². The quantitative estimate of drug-likeness (QED) is 0.317. The second kappa shape index (κ2) is 9.74. The summed E-state index contributed by atoms with van der Waals surface area (Å²) in [5.41, 5.74) is 4.17. The van der Waals surface area contributed by atoms with Crippen molar-refractivity contribution in [2.24, 2.45) is 24.1 Å². The van der Waals surface area contributed by atoms with E-state index < -0.39 is 0 Å². The average molecular weight is 457 g/mol. The fraction of sp³-hybridized carbons (Fsp3) is 0.231. The van der Waals surface area contributed by atoms with Gasteiger partial charge in [-0.1, -0.05) is 36.4 Å². The van der Waals surface area contributed by atoms with Crippen LogP contribution in [0.3, 0.4) is 0 Å². The van der Waals surface area contributed by atoms with Crippen molar-refractivity contribution < 1.29 is 0 Å². The van der Waals surface area contributed by atoms with Crippen molar-refractivity contribution in [2.45, 2.75) is 13.8 Å². The SMILES string of the molecule is Cc1c(C=NCCN=Cc2c(C)n(C)n(-c3ccccc3)c2=O)c(=O)n(-c2ccccc2)n1C. The molecule has 0 bridgehead atoms. The Kier molecular flexibility index (Phi) is 6.58. The molecule has 2 aromatic carbocycles. The van der Waals surface area contributed by atoms with Crippen LogP contribution in [0.4, 0.5) is 0 Å². The third-order valence-electron chi connectivity index (χ3n) is 6.00. The molecule has 34 heavy (non-hydrogen) atoms. The fourth-order valence-corrected chi connectivity index (χ4v) is 3.90. The minimum absolute atomic E-state index is 0.111. The summed E-state index contributed by atoms with van der Waals surface area (Å²) in [6.45, 7) is 4.62. The molecule has 4 rings (SSSR count). The van der Waals surface area contributed by atoms with Crippen molar-refractivity contribution >= 4 is 12.4 Å². The van der Waals surface area contributed by atoms with Crippen LogP contribution in [-0.4, -0.2) is 44.2 Å². The van der Waals surface area contributed by atoms with E-state index >= 15 is 0 Å². The van der Waals surface area contributed by atoms with Gasteiger partial charge >= 0.3 is 0 Å². The summed E-state index contributed by atoms with van der Waals surface area (Å²) >= 11 is 0. The number of aliphatic imine (C=N–C) groups is 2. The molecule has 0 saturated heterocycles. The van der Waals surface area contributed by atoms with Crippen molar-refractivity contribution in [3.8, 4) is 11.4 Å². The highest BCUT2D eigenvalue weighted by Gasteiger charge is 2.15. The van der Waals surface area contributed by atoms with Crippen molar-refractivity contribution in [3.63, 3.8) is 0 Å². The summed E-state index contributed by atoms with van der Waals surface area (Å²) in [6.07, 6.45) is 3.23. The highest BCUT2D eigenvalue weighted by molar-refractivity contribution is 5.81. The van der Waals surface area contributed by atoms with E-state index in [2.05, 4.69) is 9.98 Å². The first-order valence-electron chi connectivity index (χ1n) is 11.1. The van der Waals surface area contributed by atoms with Gasteiger partial charge in [0.15, 0.2) is 0 Å². The first-order valence-corrected chi connectivity index (χ1v) is 11.1. The number of hydrogen-bond acceptors (Lipinski definition) is 4. The predicted octanol–water partition coefficient (Wildman–Crippen LogP) is 2.82. The summed E-state index contributed by atoms with van der Waals surface area (Å²) in [7, 11) is 3.71. The molecule has 8 nitrogen and oxygen atoms in total. The standard InChI is InChI=1S/C26H28N6O2/c1-19-23(25(33)31(29(19)3)21-11-7-5-8-12-21)17-27-15-16-28-18-24-20(2)30(4)32(26(24)34)22-13-9-6-10-14-22/h5-14,17-18H,15-16H2,1-4H3. The van der Waals surface area contributed by atoms with Crippen LogP contribution in [0.15, 0.2) is 80.2 Å². The molecule has 0 N–H and O–H groups in total. The van der Waals surface area contributed by atoms with Crippen LogP contribution in [0, 0.1) is 13.8 Å². The molecular formula is C26H28N6O2. The molecule has 0 spiro atoms. The number of benzene rings is 2. The topological polar surface area (TPSA) is 78.6 Å². The number of para-hydroxylation sites is 2. The van der Waals surface area contributed by atoms with Gasteiger partial charge in [-0.15, -0.1) is 0 Å². The highest BCUT2D eigenvalue weighted by Crippen LogP contribution is 2.10. The van der Waals surface area contributed by atoms with Gasteiger partial charge in [-0.2, -0.15) is 0 Å². The van der Waals surface area contributed by atoms with E-state index in [1.807, 2.05) is 98.0 Å². The lowest BCUT2D eigenvalue weighted by Crippen LogP contribution is -2.21. The zero-order chi connectivity index (χ0) is 24.2. The van der Waals surface area contributed by atoms with Crippen molar-refractivity contribution in [2.75, 3.05) is 13.1 Å². The predicted molar refractivity (Wildman–Crippen MR) is 136 cm³/mol. The van der Waals surface area contributed by atoms with Crippen LogP contribution in [0.2, 0.25) is 0 Å². The Morgan fingerprint density at radius 3 is 1.35 bits per heavy atom. The Labute approximate surface area is 197 Å². The molecule has 0 unspecified atom stereocenters. The second-order valence-corrected chi connectivity index (χ2v) is 8.02. The zero-order valence-corrected chi connectivity index (χ0v) is 19.8. The van der Waals surface area contributed by atoms with Gasteiger partial charge in [0.1, 0.15) is 0 Å². The van der Waals surface area contributed by atoms with Crippen LogP contribution < -0.4 is 11.1 Å². The minimum atomic E-state index is -0.111. The van der Waals surface area contributed by atoms with Gasteiger partial charge in [0.2, 0.25) is 0 Å². The second-order valence-electron chi connectivity index (χ2n) is 8.02. The van der Waals surface area contributed by atoms with Crippen LogP contribution >= 0.6 is 0 Å². The molecule has 8 heteroatoms. The van der Waals surface area contributed by atoms with E-state index in [0.717, 1.165) is 22.8 Å². The van der Waals surface area contributed by atoms with Crippen LogP contribution in [0.5, 0.6) is 0 Å². The maximum absolute atomic E-state index is 12.9. The van der Waals surface area contributed by atoms with Gasteiger partial charge in [0.05, 0.1) is 35.6 Å². The lowest BCUT2D eigenvalue weighted by atomic mass is 10.3. The van der Waals surface area contributed by atoms with Gasteiger partial charge in [-0.3, -0.25) is 28.9 Å². The van der Waals surface area contributed by atoms with Crippen LogP contribution in [0.1, 0.15) is 22.5 Å². The van der Waals surface area contributed by atoms with Crippen molar-refractivity contribution in [1.29, 1.82) is 0 Å². The number of nitrogens with zero attached hydrogens (tertiary/aromatic N) is 6. The van der Waals surface area contributed by atoms with Gasteiger partial charge in [-0.25, -0.2) is 9.36 Å². The maximum atomic E-state index is 12.9. The van der Waals surface area contributed by atoms with E-state index in [1.165, 1.54) is 0 Å². The van der Waals surface area contributed by atoms with Gasteiger partial charge < -0.3 is 0 Å². The molecule has 2 aromatic heterocycles. The Morgan fingerprint density at radius 2 is 1.00 bits per heavy atom. The molecule has 0 saturated carbocycles. The number of rotatable bonds is 7. The first kappa shape index (κ1) is 23.0. The smallest absolute Gasteiger partial charge is 0.280 e. The van der Waals surface area contributed by atoms with E-state index in [0.29, 0.717) is 24.2 Å². The third kappa shape index (κ3) is 4.22. The Balaban J connectivity index is 1.47. The largest absolute Gasteiger partial charge is 0.290 e. The van der Waals surface area contributed by atoms with Crippen LogP contribution in [0.25, 0.3) is 11.4 Å². The lowest BCUT2D eigenvalue weighted by molar-refractivity contribution is 0.630. The molecular weight excluding hydrogens is 428 g/mol. The fourth-order valence-electron chi connectivity index (χ4n) is 3.90. The Bertz CT molecular complexity index is 1350. The molecule has 0 aliphatic carbocycles. The summed E-state index contributed by atoms with van der Waals surface area (Å²) in [5, 5.41) is 0. The van der Waals surface area contributed by atoms with E-state index in [9.17, 15) is 9.59 Å².